The Morgan fingerprint density at radius 3 is 3.00 bits per heavy atom. The third-order valence-corrected chi connectivity index (χ3v) is 0.944. The van der Waals surface area contributed by atoms with Crippen molar-refractivity contribution in [3.05, 3.63) is 22.9 Å². The van der Waals surface area contributed by atoms with Gasteiger partial charge in [-0.25, -0.2) is 0 Å². The maximum Gasteiger partial charge on any atom is 1.00 e. The van der Waals surface area contributed by atoms with Gasteiger partial charge in [0.25, 0.3) is 0 Å². The summed E-state index contributed by atoms with van der Waals surface area (Å²) in [5.74, 6) is 0. The minimum Gasteiger partial charge on any atom is -0.143 e. The highest BCUT2D eigenvalue weighted by Crippen LogP contribution is 1.90. The number of rotatable bonds is 0. The zero-order valence-electron chi connectivity index (χ0n) is 3.64. The van der Waals surface area contributed by atoms with E-state index < -0.39 is 0 Å². The second kappa shape index (κ2) is 1.22. The standard InChI is InChI=1S/C4H3S/c1-2-4-5-3-1/h1-3H/p+1. The molecule has 0 saturated carbocycles. The number of hydrogen-bond acceptors (Lipinski definition) is 1. The molecule has 0 fully saturated rings. The molecule has 1 heteroatoms. The topological polar surface area (TPSA) is 0 Å². The van der Waals surface area contributed by atoms with E-state index in [-0.39, 0.29) is 1.43 Å². The smallest absolute Gasteiger partial charge is 0.143 e. The first-order valence-electron chi connectivity index (χ1n) is 1.40. The summed E-state index contributed by atoms with van der Waals surface area (Å²) in [6.07, 6.45) is 0. The highest BCUT2D eigenvalue weighted by atomic mass is 32.1. The lowest BCUT2D eigenvalue weighted by Crippen LogP contribution is -1.17. The van der Waals surface area contributed by atoms with Gasteiger partial charge in [0.15, 0.2) is 0 Å². The normalized spacial score (nSPS) is 8.00. The molecule has 1 rings (SSSR count). The Morgan fingerprint density at radius 2 is 2.80 bits per heavy atom. The predicted molar refractivity (Wildman–Crippen MR) is 24.3 cm³/mol. The van der Waals surface area contributed by atoms with Crippen molar-refractivity contribution in [2.75, 3.05) is 0 Å². The van der Waals surface area contributed by atoms with E-state index in [0.717, 1.165) is 0 Å². The van der Waals surface area contributed by atoms with Crippen LogP contribution in [0, 0.1) is 5.38 Å². The molecule has 1 aromatic heterocycles. The molecule has 1 aromatic rings. The summed E-state index contributed by atoms with van der Waals surface area (Å²) in [7, 11) is 0. The van der Waals surface area contributed by atoms with Crippen LogP contribution in [0.4, 0.5) is 0 Å². The van der Waals surface area contributed by atoms with E-state index in [2.05, 4.69) is 5.38 Å². The molecule has 25 valence electrons. The van der Waals surface area contributed by atoms with E-state index in [1.165, 1.54) is 0 Å². The highest BCUT2D eigenvalue weighted by molar-refractivity contribution is 7.07. The third kappa shape index (κ3) is 0.484. The van der Waals surface area contributed by atoms with Gasteiger partial charge in [0.05, 0.1) is 0 Å². The van der Waals surface area contributed by atoms with E-state index >= 15 is 0 Å². The van der Waals surface area contributed by atoms with E-state index in [1.807, 2.05) is 17.5 Å². The zero-order chi connectivity index (χ0) is 3.54. The summed E-state index contributed by atoms with van der Waals surface area (Å²) in [4.78, 5) is 0. The van der Waals surface area contributed by atoms with E-state index in [9.17, 15) is 0 Å². The molecule has 1 heterocycles. The van der Waals surface area contributed by atoms with Crippen molar-refractivity contribution in [3.63, 3.8) is 0 Å². The van der Waals surface area contributed by atoms with Crippen LogP contribution < -0.4 is 0 Å². The van der Waals surface area contributed by atoms with Crippen molar-refractivity contribution in [1.82, 2.24) is 0 Å². The lowest BCUT2D eigenvalue weighted by molar-refractivity contribution is 2.01. The Morgan fingerprint density at radius 1 is 1.80 bits per heavy atom. The molecule has 0 amide bonds. The summed E-state index contributed by atoms with van der Waals surface area (Å²) < 4.78 is 0. The molecule has 0 aliphatic heterocycles. The Balaban J connectivity index is 0.000000250. The third-order valence-electron chi connectivity index (χ3n) is 0.379. The molecule has 0 saturated heterocycles. The predicted octanol–water partition coefficient (Wildman–Crippen LogP) is 1.66. The first-order valence-corrected chi connectivity index (χ1v) is 2.27. The van der Waals surface area contributed by atoms with Gasteiger partial charge in [-0.05, 0) is 11.4 Å². The van der Waals surface area contributed by atoms with Crippen LogP contribution in [-0.2, 0) is 0 Å². The molecular formula is C4H4S+. The van der Waals surface area contributed by atoms with Crippen LogP contribution in [0.3, 0.4) is 0 Å². The summed E-state index contributed by atoms with van der Waals surface area (Å²) in [5.41, 5.74) is 0. The quantitative estimate of drug-likeness (QED) is 0.448. The average Bonchev–Trinajstić information content (AvgIpc) is 1.76. The molecule has 1 radical (unpaired) electrons. The van der Waals surface area contributed by atoms with E-state index in [0.29, 0.717) is 0 Å². The molecule has 0 atom stereocenters. The average molecular weight is 84.1 g/mol. The zero-order valence-corrected chi connectivity index (χ0v) is 3.46. The summed E-state index contributed by atoms with van der Waals surface area (Å²) in [6, 6.07) is 3.86. The highest BCUT2D eigenvalue weighted by Gasteiger charge is 1.60. The van der Waals surface area contributed by atoms with Gasteiger partial charge in [-0.2, -0.15) is 0 Å². The largest absolute Gasteiger partial charge is 1.00 e. The molecule has 0 spiro atoms. The van der Waals surface area contributed by atoms with Gasteiger partial charge < -0.3 is 0 Å². The van der Waals surface area contributed by atoms with Crippen molar-refractivity contribution in [1.29, 1.82) is 0 Å². The second-order valence-corrected chi connectivity index (χ2v) is 1.47. The van der Waals surface area contributed by atoms with E-state index in [1.54, 1.807) is 11.3 Å². The minimum atomic E-state index is 0. The Bertz CT molecular complexity index is 64.0. The maximum absolute atomic E-state index is 2.90. The molecule has 0 unspecified atom stereocenters. The van der Waals surface area contributed by atoms with Crippen molar-refractivity contribution in [2.45, 2.75) is 0 Å². The maximum atomic E-state index is 2.90. The van der Waals surface area contributed by atoms with Crippen LogP contribution >= 0.6 is 11.3 Å². The molecular weight excluding hydrogens is 80.1 g/mol. The van der Waals surface area contributed by atoms with Crippen LogP contribution in [0.2, 0.25) is 0 Å². The monoisotopic (exact) mass is 84.0 g/mol. The van der Waals surface area contributed by atoms with Crippen LogP contribution in [0.15, 0.2) is 17.5 Å². The van der Waals surface area contributed by atoms with Crippen LogP contribution in [0.25, 0.3) is 0 Å². The minimum absolute atomic E-state index is 0. The van der Waals surface area contributed by atoms with Gasteiger partial charge in [0.1, 0.15) is 0 Å². The summed E-state index contributed by atoms with van der Waals surface area (Å²) in [5, 5.41) is 4.89. The molecule has 0 bridgehead atoms. The molecule has 0 nitrogen and oxygen atoms in total. The van der Waals surface area contributed by atoms with Crippen molar-refractivity contribution in [3.8, 4) is 0 Å². The first-order chi connectivity index (χ1) is 2.50. The Hall–Kier alpha value is -0.300. The molecule has 0 aliphatic carbocycles. The Kier molecular flexibility index (Phi) is 0.711. The fraction of sp³-hybridized carbons (Fsp3) is 0. The second-order valence-electron chi connectivity index (χ2n) is 0.731. The van der Waals surface area contributed by atoms with Crippen molar-refractivity contribution < 1.29 is 1.43 Å². The van der Waals surface area contributed by atoms with Crippen molar-refractivity contribution in [2.24, 2.45) is 0 Å². The van der Waals surface area contributed by atoms with Crippen LogP contribution in [0.5, 0.6) is 0 Å². The summed E-state index contributed by atoms with van der Waals surface area (Å²) in [6.45, 7) is 0. The fourth-order valence-corrected chi connectivity index (χ4v) is 0.589. The van der Waals surface area contributed by atoms with Crippen LogP contribution in [-0.4, -0.2) is 0 Å². The van der Waals surface area contributed by atoms with Gasteiger partial charge in [-0.1, -0.05) is 6.07 Å². The SMILES string of the molecule is [H+].[c]1cccs1. The molecule has 0 aromatic carbocycles. The van der Waals surface area contributed by atoms with Gasteiger partial charge in [0, 0.05) is 5.38 Å². The number of hydrogen-bond donors (Lipinski definition) is 0. The van der Waals surface area contributed by atoms with Gasteiger partial charge in [0.2, 0.25) is 0 Å². The van der Waals surface area contributed by atoms with Gasteiger partial charge in [-0.15, -0.1) is 11.3 Å². The van der Waals surface area contributed by atoms with Crippen molar-refractivity contribution >= 4 is 11.3 Å². The van der Waals surface area contributed by atoms with E-state index in [4.69, 9.17) is 0 Å². The summed E-state index contributed by atoms with van der Waals surface area (Å²) >= 11 is 1.59. The lowest BCUT2D eigenvalue weighted by atomic mass is 10.7. The first kappa shape index (κ1) is 2.91. The molecule has 0 aliphatic rings. The van der Waals surface area contributed by atoms with Gasteiger partial charge in [-0.3, -0.25) is 0 Å². The lowest BCUT2D eigenvalue weighted by Gasteiger charge is -1.38. The van der Waals surface area contributed by atoms with Gasteiger partial charge >= 0.3 is 1.43 Å². The fourth-order valence-electron chi connectivity index (χ4n) is 0.196. The Labute approximate surface area is 36.6 Å². The number of thiophene rings is 1. The molecule has 5 heavy (non-hydrogen) atoms. The molecule has 0 N–H and O–H groups in total. The van der Waals surface area contributed by atoms with Crippen LogP contribution in [0.1, 0.15) is 1.43 Å².